The molecule has 0 aliphatic rings. The molecule has 0 spiro atoms. The fraction of sp³-hybridized carbons (Fsp3) is 0.588. The molecule has 1 amide bonds. The lowest BCUT2D eigenvalue weighted by Crippen LogP contribution is -2.31. The third-order valence-corrected chi connectivity index (χ3v) is 3.43. The predicted molar refractivity (Wildman–Crippen MR) is 90.0 cm³/mol. The number of benzene rings is 1. The SMILES string of the molecule is CCCN(CCC)CCCNC(=O)c1cccc(NC)c1. The molecule has 0 bridgehead atoms. The van der Waals surface area contributed by atoms with Gasteiger partial charge in [0, 0.05) is 24.8 Å². The van der Waals surface area contributed by atoms with E-state index in [0.717, 1.165) is 38.3 Å². The Hall–Kier alpha value is -1.55. The summed E-state index contributed by atoms with van der Waals surface area (Å²) in [6.45, 7) is 8.49. The molecule has 2 N–H and O–H groups in total. The quantitative estimate of drug-likeness (QED) is 0.651. The fourth-order valence-corrected chi connectivity index (χ4v) is 2.39. The van der Waals surface area contributed by atoms with Crippen molar-refractivity contribution >= 4 is 11.6 Å². The summed E-state index contributed by atoms with van der Waals surface area (Å²) < 4.78 is 0. The van der Waals surface area contributed by atoms with Gasteiger partial charge in [-0.1, -0.05) is 19.9 Å². The minimum atomic E-state index is 0.00429. The first kappa shape index (κ1) is 17.5. The Morgan fingerprint density at radius 2 is 1.86 bits per heavy atom. The van der Waals surface area contributed by atoms with E-state index in [-0.39, 0.29) is 5.91 Å². The molecule has 0 saturated heterocycles. The molecule has 4 nitrogen and oxygen atoms in total. The average Bonchev–Trinajstić information content (AvgIpc) is 2.51. The monoisotopic (exact) mass is 291 g/mol. The number of carbonyl (C=O) groups is 1. The van der Waals surface area contributed by atoms with E-state index in [1.165, 1.54) is 12.8 Å². The molecule has 118 valence electrons. The lowest BCUT2D eigenvalue weighted by Gasteiger charge is -2.20. The zero-order valence-corrected chi connectivity index (χ0v) is 13.6. The Kier molecular flexibility index (Phi) is 8.51. The molecule has 0 saturated carbocycles. The molecule has 0 heterocycles. The Bertz CT molecular complexity index is 414. The smallest absolute Gasteiger partial charge is 0.251 e. The van der Waals surface area contributed by atoms with Crippen molar-refractivity contribution < 1.29 is 4.79 Å². The highest BCUT2D eigenvalue weighted by Gasteiger charge is 2.06. The van der Waals surface area contributed by atoms with Crippen LogP contribution in [-0.2, 0) is 0 Å². The van der Waals surface area contributed by atoms with Crippen molar-refractivity contribution in [3.63, 3.8) is 0 Å². The van der Waals surface area contributed by atoms with Crippen LogP contribution in [-0.4, -0.2) is 44.0 Å². The lowest BCUT2D eigenvalue weighted by molar-refractivity contribution is 0.0951. The third kappa shape index (κ3) is 6.63. The normalized spacial score (nSPS) is 10.7. The van der Waals surface area contributed by atoms with Gasteiger partial charge in [-0.15, -0.1) is 0 Å². The molecule has 0 aliphatic carbocycles. The second kappa shape index (κ2) is 10.2. The van der Waals surface area contributed by atoms with Crippen LogP contribution in [0.5, 0.6) is 0 Å². The van der Waals surface area contributed by atoms with Gasteiger partial charge in [0.1, 0.15) is 0 Å². The molecule has 0 atom stereocenters. The van der Waals surface area contributed by atoms with E-state index >= 15 is 0 Å². The van der Waals surface area contributed by atoms with E-state index in [0.29, 0.717) is 5.56 Å². The number of anilines is 1. The van der Waals surface area contributed by atoms with E-state index in [9.17, 15) is 4.79 Å². The summed E-state index contributed by atoms with van der Waals surface area (Å²) in [7, 11) is 1.85. The van der Waals surface area contributed by atoms with Crippen LogP contribution < -0.4 is 10.6 Å². The number of amides is 1. The van der Waals surface area contributed by atoms with Crippen LogP contribution in [0.3, 0.4) is 0 Å². The van der Waals surface area contributed by atoms with Crippen molar-refractivity contribution in [2.45, 2.75) is 33.1 Å². The van der Waals surface area contributed by atoms with Gasteiger partial charge >= 0.3 is 0 Å². The van der Waals surface area contributed by atoms with Gasteiger partial charge in [0.25, 0.3) is 5.91 Å². The number of rotatable bonds is 10. The summed E-state index contributed by atoms with van der Waals surface area (Å²) in [5.41, 5.74) is 1.67. The van der Waals surface area contributed by atoms with E-state index in [1.807, 2.05) is 31.3 Å². The molecule has 1 rings (SSSR count). The highest BCUT2D eigenvalue weighted by atomic mass is 16.1. The second-order valence-corrected chi connectivity index (χ2v) is 5.28. The zero-order valence-electron chi connectivity index (χ0n) is 13.6. The second-order valence-electron chi connectivity index (χ2n) is 5.28. The predicted octanol–water partition coefficient (Wildman–Crippen LogP) is 2.97. The highest BCUT2D eigenvalue weighted by molar-refractivity contribution is 5.95. The van der Waals surface area contributed by atoms with Gasteiger partial charge < -0.3 is 15.5 Å². The van der Waals surface area contributed by atoms with Crippen LogP contribution in [0.25, 0.3) is 0 Å². The number of nitrogens with zero attached hydrogens (tertiary/aromatic N) is 1. The first-order chi connectivity index (χ1) is 10.2. The van der Waals surface area contributed by atoms with Crippen LogP contribution in [0.4, 0.5) is 5.69 Å². The van der Waals surface area contributed by atoms with Crippen molar-refractivity contribution in [2.75, 3.05) is 38.5 Å². The molecule has 1 aromatic carbocycles. The maximum Gasteiger partial charge on any atom is 0.251 e. The highest BCUT2D eigenvalue weighted by Crippen LogP contribution is 2.09. The number of carbonyl (C=O) groups excluding carboxylic acids is 1. The molecule has 0 fully saturated rings. The Balaban J connectivity index is 2.32. The van der Waals surface area contributed by atoms with Crippen molar-refractivity contribution in [3.05, 3.63) is 29.8 Å². The van der Waals surface area contributed by atoms with Gasteiger partial charge in [-0.3, -0.25) is 4.79 Å². The first-order valence-corrected chi connectivity index (χ1v) is 7.99. The average molecular weight is 291 g/mol. The largest absolute Gasteiger partial charge is 0.388 e. The van der Waals surface area contributed by atoms with E-state index in [1.54, 1.807) is 0 Å². The van der Waals surface area contributed by atoms with Crippen LogP contribution in [0.1, 0.15) is 43.5 Å². The van der Waals surface area contributed by atoms with Crippen molar-refractivity contribution in [2.24, 2.45) is 0 Å². The Labute approximate surface area is 128 Å². The van der Waals surface area contributed by atoms with Crippen LogP contribution in [0.2, 0.25) is 0 Å². The molecule has 21 heavy (non-hydrogen) atoms. The van der Waals surface area contributed by atoms with Gasteiger partial charge in [-0.2, -0.15) is 0 Å². The molecule has 0 radical (unpaired) electrons. The summed E-state index contributed by atoms with van der Waals surface area (Å²) in [6.07, 6.45) is 3.36. The standard InChI is InChI=1S/C17H29N3O/c1-4-11-20(12-5-2)13-7-10-19-17(21)15-8-6-9-16(14-15)18-3/h6,8-9,14,18H,4-5,7,10-13H2,1-3H3,(H,19,21). The first-order valence-electron chi connectivity index (χ1n) is 7.99. The fourth-order valence-electron chi connectivity index (χ4n) is 2.39. The van der Waals surface area contributed by atoms with Gasteiger partial charge in [-0.05, 0) is 57.1 Å². The van der Waals surface area contributed by atoms with Crippen molar-refractivity contribution in [1.82, 2.24) is 10.2 Å². The lowest BCUT2D eigenvalue weighted by atomic mass is 10.2. The van der Waals surface area contributed by atoms with E-state index in [2.05, 4.69) is 29.4 Å². The van der Waals surface area contributed by atoms with Gasteiger partial charge in [0.2, 0.25) is 0 Å². The van der Waals surface area contributed by atoms with E-state index in [4.69, 9.17) is 0 Å². The topological polar surface area (TPSA) is 44.4 Å². The summed E-state index contributed by atoms with van der Waals surface area (Å²) in [6, 6.07) is 7.56. The Morgan fingerprint density at radius 1 is 1.14 bits per heavy atom. The van der Waals surface area contributed by atoms with Crippen LogP contribution in [0, 0.1) is 0 Å². The molecule has 0 aliphatic heterocycles. The molecule has 0 aromatic heterocycles. The maximum atomic E-state index is 12.1. The van der Waals surface area contributed by atoms with Crippen molar-refractivity contribution in [1.29, 1.82) is 0 Å². The molecular formula is C17H29N3O. The molecular weight excluding hydrogens is 262 g/mol. The maximum absolute atomic E-state index is 12.1. The third-order valence-electron chi connectivity index (χ3n) is 3.43. The zero-order chi connectivity index (χ0) is 15.5. The molecule has 0 unspecified atom stereocenters. The number of hydrogen-bond donors (Lipinski definition) is 2. The van der Waals surface area contributed by atoms with Crippen LogP contribution >= 0.6 is 0 Å². The number of nitrogens with one attached hydrogen (secondary N) is 2. The summed E-state index contributed by atoms with van der Waals surface area (Å²) in [4.78, 5) is 14.5. The molecule has 4 heteroatoms. The minimum Gasteiger partial charge on any atom is -0.388 e. The van der Waals surface area contributed by atoms with Crippen LogP contribution in [0.15, 0.2) is 24.3 Å². The molecule has 1 aromatic rings. The Morgan fingerprint density at radius 3 is 2.48 bits per heavy atom. The summed E-state index contributed by atoms with van der Waals surface area (Å²) in [5.74, 6) is 0.00429. The van der Waals surface area contributed by atoms with Gasteiger partial charge in [0.05, 0.1) is 0 Å². The van der Waals surface area contributed by atoms with Gasteiger partial charge in [0.15, 0.2) is 0 Å². The van der Waals surface area contributed by atoms with Crippen molar-refractivity contribution in [3.8, 4) is 0 Å². The summed E-state index contributed by atoms with van der Waals surface area (Å²) >= 11 is 0. The minimum absolute atomic E-state index is 0.00429. The van der Waals surface area contributed by atoms with E-state index < -0.39 is 0 Å². The number of hydrogen-bond acceptors (Lipinski definition) is 3. The summed E-state index contributed by atoms with van der Waals surface area (Å²) in [5, 5.41) is 6.04. The van der Waals surface area contributed by atoms with Gasteiger partial charge in [-0.25, -0.2) is 0 Å².